The first-order valence-electron chi connectivity index (χ1n) is 9.15. The number of fused-ring (bicyclic) bond motifs is 1. The van der Waals surface area contributed by atoms with Gasteiger partial charge in [0.1, 0.15) is 5.75 Å². The van der Waals surface area contributed by atoms with Crippen LogP contribution in [0.2, 0.25) is 0 Å². The molecule has 7 nitrogen and oxygen atoms in total. The highest BCUT2D eigenvalue weighted by Gasteiger charge is 2.10. The summed E-state index contributed by atoms with van der Waals surface area (Å²) in [6.07, 6.45) is 0. The first-order chi connectivity index (χ1) is 13.6. The molecule has 0 unspecified atom stereocenters. The molecule has 0 bridgehead atoms. The van der Waals surface area contributed by atoms with E-state index in [0.29, 0.717) is 30.4 Å². The molecule has 142 valence electrons. The summed E-state index contributed by atoms with van der Waals surface area (Å²) in [5, 5.41) is 6.29. The normalized spacial score (nSPS) is 10.9. The van der Waals surface area contributed by atoms with Crippen molar-refractivity contribution in [2.45, 2.75) is 20.4 Å². The molecule has 0 saturated heterocycles. The molecule has 0 saturated carbocycles. The van der Waals surface area contributed by atoms with Gasteiger partial charge in [-0.05, 0) is 26.0 Å². The summed E-state index contributed by atoms with van der Waals surface area (Å²) in [7, 11) is 0. The topological polar surface area (TPSA) is 84.3 Å². The lowest BCUT2D eigenvalue weighted by molar-refractivity contribution is 0.341. The number of nitrogens with zero attached hydrogens (tertiary/aromatic N) is 3. The molecule has 28 heavy (non-hydrogen) atoms. The third kappa shape index (κ3) is 3.59. The van der Waals surface area contributed by atoms with Gasteiger partial charge in [-0.3, -0.25) is 9.89 Å². The summed E-state index contributed by atoms with van der Waals surface area (Å²) in [5.41, 5.74) is 3.33. The minimum Gasteiger partial charge on any atom is -0.492 e. The van der Waals surface area contributed by atoms with Gasteiger partial charge in [0.15, 0.2) is 5.82 Å². The van der Waals surface area contributed by atoms with E-state index in [1.165, 1.54) is 10.6 Å². The number of aryl methyl sites for hydroxylation is 1. The second-order valence-corrected chi connectivity index (χ2v) is 6.44. The molecule has 7 heteroatoms. The zero-order valence-electron chi connectivity index (χ0n) is 15.8. The fraction of sp³-hybridized carbons (Fsp3) is 0.190. The maximum Gasteiger partial charge on any atom is 0.274 e. The number of nitrogens with one attached hydrogen (secondary N) is 2. The fourth-order valence-electron chi connectivity index (χ4n) is 2.94. The lowest BCUT2D eigenvalue weighted by Crippen LogP contribution is -2.17. The Kier molecular flexibility index (Phi) is 4.80. The quantitative estimate of drug-likeness (QED) is 0.540. The van der Waals surface area contributed by atoms with Crippen molar-refractivity contribution in [3.05, 3.63) is 76.2 Å². The number of hydrogen-bond acceptors (Lipinski definition) is 5. The minimum absolute atomic E-state index is 0.203. The monoisotopic (exact) mass is 375 g/mol. The summed E-state index contributed by atoms with van der Waals surface area (Å²) in [4.78, 5) is 21.5. The number of hydrogen-bond donors (Lipinski definition) is 2. The number of ether oxygens (including phenoxy) is 1. The zero-order chi connectivity index (χ0) is 19.5. The van der Waals surface area contributed by atoms with Crippen molar-refractivity contribution < 1.29 is 4.74 Å². The molecule has 2 N–H and O–H groups in total. The standard InChI is InChI=1S/C21H21N5O2/c1-3-28-18-7-5-4-6-17(18)22-13-16-12-19(27)26-21(23-16)24-20(25-26)15-10-8-14(2)9-11-15/h4-12,22H,3,13H2,1-2H3,(H,23,24,25). The van der Waals surface area contributed by atoms with E-state index in [1.807, 2.05) is 62.4 Å². The number of aromatic nitrogens is 4. The van der Waals surface area contributed by atoms with Gasteiger partial charge in [0.2, 0.25) is 0 Å². The lowest BCUT2D eigenvalue weighted by Gasteiger charge is -2.11. The van der Waals surface area contributed by atoms with Gasteiger partial charge < -0.3 is 10.1 Å². The van der Waals surface area contributed by atoms with Gasteiger partial charge in [0, 0.05) is 11.6 Å². The maximum atomic E-state index is 12.5. The Labute approximate surface area is 162 Å². The summed E-state index contributed by atoms with van der Waals surface area (Å²) in [6.45, 7) is 4.94. The molecule has 2 aromatic heterocycles. The molecule has 2 aromatic carbocycles. The predicted octanol–water partition coefficient (Wildman–Crippen LogP) is 3.40. The van der Waals surface area contributed by atoms with Gasteiger partial charge in [0.25, 0.3) is 11.3 Å². The van der Waals surface area contributed by atoms with Gasteiger partial charge in [-0.1, -0.05) is 42.0 Å². The smallest absolute Gasteiger partial charge is 0.274 e. The van der Waals surface area contributed by atoms with Crippen molar-refractivity contribution >= 4 is 11.5 Å². The van der Waals surface area contributed by atoms with E-state index in [4.69, 9.17) is 4.74 Å². The Bertz CT molecular complexity index is 1160. The van der Waals surface area contributed by atoms with Gasteiger partial charge in [0.05, 0.1) is 24.5 Å². The van der Waals surface area contributed by atoms with Crippen molar-refractivity contribution in [1.82, 2.24) is 19.6 Å². The van der Waals surface area contributed by atoms with Crippen LogP contribution in [0.3, 0.4) is 0 Å². The molecule has 0 fully saturated rings. The van der Waals surface area contributed by atoms with E-state index in [9.17, 15) is 4.79 Å². The Balaban J connectivity index is 1.61. The van der Waals surface area contributed by atoms with E-state index >= 15 is 0 Å². The first kappa shape index (κ1) is 17.8. The molecule has 2 heterocycles. The number of aromatic amines is 1. The number of anilines is 1. The van der Waals surface area contributed by atoms with Crippen molar-refractivity contribution in [2.75, 3.05) is 11.9 Å². The average molecular weight is 375 g/mol. The molecule has 0 aliphatic rings. The Morgan fingerprint density at radius 2 is 1.89 bits per heavy atom. The molecule has 4 aromatic rings. The second kappa shape index (κ2) is 7.56. The summed E-state index contributed by atoms with van der Waals surface area (Å²) < 4.78 is 6.97. The Morgan fingerprint density at radius 3 is 2.68 bits per heavy atom. The van der Waals surface area contributed by atoms with Crippen LogP contribution in [0.5, 0.6) is 5.75 Å². The van der Waals surface area contributed by atoms with Crippen LogP contribution in [0, 0.1) is 6.92 Å². The zero-order valence-corrected chi connectivity index (χ0v) is 15.8. The van der Waals surface area contributed by atoms with Crippen molar-refractivity contribution in [3.8, 4) is 17.1 Å². The maximum absolute atomic E-state index is 12.5. The Morgan fingerprint density at radius 1 is 1.11 bits per heavy atom. The van der Waals surface area contributed by atoms with Crippen LogP contribution >= 0.6 is 0 Å². The lowest BCUT2D eigenvalue weighted by atomic mass is 10.1. The van der Waals surface area contributed by atoms with Crippen molar-refractivity contribution in [3.63, 3.8) is 0 Å². The van der Waals surface area contributed by atoms with E-state index in [2.05, 4.69) is 20.4 Å². The van der Waals surface area contributed by atoms with E-state index in [0.717, 1.165) is 22.6 Å². The largest absolute Gasteiger partial charge is 0.492 e. The molecule has 0 aliphatic heterocycles. The highest BCUT2D eigenvalue weighted by molar-refractivity contribution is 5.58. The molecule has 0 atom stereocenters. The molecular weight excluding hydrogens is 354 g/mol. The van der Waals surface area contributed by atoms with Gasteiger partial charge in [-0.2, -0.15) is 9.50 Å². The molecular formula is C21H21N5O2. The number of H-pyrrole nitrogens is 1. The third-order valence-electron chi connectivity index (χ3n) is 4.36. The van der Waals surface area contributed by atoms with Crippen LogP contribution < -0.4 is 15.6 Å². The van der Waals surface area contributed by atoms with Crippen LogP contribution in [0.4, 0.5) is 5.69 Å². The first-order valence-corrected chi connectivity index (χ1v) is 9.15. The predicted molar refractivity (Wildman–Crippen MR) is 109 cm³/mol. The number of benzene rings is 2. The number of para-hydroxylation sites is 2. The molecule has 0 amide bonds. The van der Waals surface area contributed by atoms with Crippen molar-refractivity contribution in [1.29, 1.82) is 0 Å². The van der Waals surface area contributed by atoms with E-state index in [1.54, 1.807) is 0 Å². The summed E-state index contributed by atoms with van der Waals surface area (Å²) in [5.74, 6) is 1.72. The average Bonchev–Trinajstić information content (AvgIpc) is 3.13. The van der Waals surface area contributed by atoms with Crippen molar-refractivity contribution in [2.24, 2.45) is 0 Å². The van der Waals surface area contributed by atoms with Crippen LogP contribution in [-0.4, -0.2) is 26.2 Å². The van der Waals surface area contributed by atoms with Gasteiger partial charge in [-0.15, -0.1) is 0 Å². The van der Waals surface area contributed by atoms with Crippen LogP contribution in [0.15, 0.2) is 59.4 Å². The molecule has 0 radical (unpaired) electrons. The van der Waals surface area contributed by atoms with Crippen LogP contribution in [-0.2, 0) is 6.54 Å². The van der Waals surface area contributed by atoms with E-state index in [-0.39, 0.29) is 5.56 Å². The molecule has 4 rings (SSSR count). The van der Waals surface area contributed by atoms with Crippen LogP contribution in [0.1, 0.15) is 18.2 Å². The van der Waals surface area contributed by atoms with Crippen LogP contribution in [0.25, 0.3) is 17.2 Å². The SMILES string of the molecule is CCOc1ccccc1NCc1cc(=O)n2[nH]c(-c3ccc(C)cc3)nc2n1. The van der Waals surface area contributed by atoms with Gasteiger partial charge >= 0.3 is 0 Å². The summed E-state index contributed by atoms with van der Waals surface area (Å²) in [6, 6.07) is 17.1. The highest BCUT2D eigenvalue weighted by Crippen LogP contribution is 2.24. The van der Waals surface area contributed by atoms with Gasteiger partial charge in [-0.25, -0.2) is 4.98 Å². The fourth-order valence-corrected chi connectivity index (χ4v) is 2.94. The molecule has 0 spiro atoms. The molecule has 0 aliphatic carbocycles. The second-order valence-electron chi connectivity index (χ2n) is 6.44. The third-order valence-corrected chi connectivity index (χ3v) is 4.36. The number of rotatable bonds is 6. The minimum atomic E-state index is -0.203. The van der Waals surface area contributed by atoms with E-state index < -0.39 is 0 Å². The summed E-state index contributed by atoms with van der Waals surface area (Å²) >= 11 is 0. The highest BCUT2D eigenvalue weighted by atomic mass is 16.5. The Hall–Kier alpha value is -3.61.